The van der Waals surface area contributed by atoms with E-state index in [4.69, 9.17) is 0 Å². The number of nitrogens with one attached hydrogen (secondary N) is 2. The number of hydrogen-bond donors (Lipinski definition) is 2. The van der Waals surface area contributed by atoms with Crippen LogP contribution in [0.3, 0.4) is 0 Å². The molecule has 4 saturated heterocycles. The number of piperazine rings is 1. The molecule has 3 unspecified atom stereocenters. The lowest BCUT2D eigenvalue weighted by molar-refractivity contribution is -0.136. The SMILES string of the molecule is O=C1CCC(N2Cc3cccc(CN4CC5CCC4CN5)c3C2=O)C(=O)N1. The van der Waals surface area contributed by atoms with Gasteiger partial charge in [0.2, 0.25) is 11.8 Å². The van der Waals surface area contributed by atoms with Gasteiger partial charge < -0.3 is 10.2 Å². The van der Waals surface area contributed by atoms with Gasteiger partial charge in [0.1, 0.15) is 6.04 Å². The fourth-order valence-electron chi connectivity index (χ4n) is 5.03. The Morgan fingerprint density at radius 1 is 1.11 bits per heavy atom. The first-order valence-corrected chi connectivity index (χ1v) is 9.83. The minimum absolute atomic E-state index is 0.0737. The van der Waals surface area contributed by atoms with Crippen molar-refractivity contribution in [2.24, 2.45) is 0 Å². The largest absolute Gasteiger partial charge is 0.322 e. The van der Waals surface area contributed by atoms with Crippen LogP contribution < -0.4 is 10.6 Å². The molecular formula is C20H24N4O3. The molecule has 0 aliphatic carbocycles. The number of rotatable bonds is 3. The van der Waals surface area contributed by atoms with E-state index < -0.39 is 6.04 Å². The molecular weight excluding hydrogens is 344 g/mol. The third kappa shape index (κ3) is 2.85. The second kappa shape index (κ2) is 6.42. The van der Waals surface area contributed by atoms with Gasteiger partial charge in [0, 0.05) is 50.2 Å². The summed E-state index contributed by atoms with van der Waals surface area (Å²) in [7, 11) is 0. The van der Waals surface area contributed by atoms with E-state index >= 15 is 0 Å². The van der Waals surface area contributed by atoms with Crippen LogP contribution >= 0.6 is 0 Å². The highest BCUT2D eigenvalue weighted by molar-refractivity contribution is 6.05. The molecule has 7 nitrogen and oxygen atoms in total. The van der Waals surface area contributed by atoms with Crippen LogP contribution in [0.25, 0.3) is 0 Å². The van der Waals surface area contributed by atoms with E-state index in [1.165, 1.54) is 12.8 Å². The predicted octanol–water partition coefficient (Wildman–Crippen LogP) is 0.384. The molecule has 3 atom stereocenters. The van der Waals surface area contributed by atoms with Crippen LogP contribution in [0.2, 0.25) is 0 Å². The van der Waals surface area contributed by atoms with Crippen LogP contribution in [0, 0.1) is 0 Å². The number of benzene rings is 1. The summed E-state index contributed by atoms with van der Waals surface area (Å²) in [5.41, 5.74) is 2.80. The maximum atomic E-state index is 13.2. The molecule has 2 bridgehead atoms. The summed E-state index contributed by atoms with van der Waals surface area (Å²) < 4.78 is 0. The lowest BCUT2D eigenvalue weighted by atomic mass is 9.92. The Kier molecular flexibility index (Phi) is 4.02. The highest BCUT2D eigenvalue weighted by Gasteiger charge is 2.41. The molecule has 0 saturated carbocycles. The average molecular weight is 368 g/mol. The monoisotopic (exact) mass is 368 g/mol. The first-order chi connectivity index (χ1) is 13.1. The molecule has 2 N–H and O–H groups in total. The van der Waals surface area contributed by atoms with Gasteiger partial charge in [0.05, 0.1) is 0 Å². The summed E-state index contributed by atoms with van der Waals surface area (Å²) in [5.74, 6) is -0.682. The Balaban J connectivity index is 1.38. The van der Waals surface area contributed by atoms with Gasteiger partial charge in [-0.25, -0.2) is 0 Å². The number of carbonyl (C=O) groups excluding carboxylic acids is 3. The normalized spacial score (nSPS) is 30.6. The average Bonchev–Trinajstić information content (AvgIpc) is 3.00. The van der Waals surface area contributed by atoms with Gasteiger partial charge in [-0.3, -0.25) is 24.6 Å². The van der Waals surface area contributed by atoms with Crippen LogP contribution in [0.4, 0.5) is 0 Å². The summed E-state index contributed by atoms with van der Waals surface area (Å²) in [6, 6.07) is 6.57. The van der Waals surface area contributed by atoms with E-state index in [-0.39, 0.29) is 24.1 Å². The molecule has 3 amide bonds. The third-order valence-corrected chi connectivity index (χ3v) is 6.47. The van der Waals surface area contributed by atoms with Crippen molar-refractivity contribution in [2.45, 2.75) is 56.9 Å². The molecule has 6 rings (SSSR count). The highest BCUT2D eigenvalue weighted by Crippen LogP contribution is 2.32. The first kappa shape index (κ1) is 16.9. The van der Waals surface area contributed by atoms with Crippen molar-refractivity contribution >= 4 is 17.7 Å². The zero-order chi connectivity index (χ0) is 18.5. The van der Waals surface area contributed by atoms with Crippen LogP contribution in [0.1, 0.15) is 47.2 Å². The molecule has 1 aromatic carbocycles. The second-order valence-electron chi connectivity index (χ2n) is 8.12. The van der Waals surface area contributed by atoms with Crippen molar-refractivity contribution in [3.8, 4) is 0 Å². The minimum atomic E-state index is -0.550. The van der Waals surface area contributed by atoms with Crippen LogP contribution in [0.15, 0.2) is 18.2 Å². The van der Waals surface area contributed by atoms with E-state index in [0.29, 0.717) is 25.0 Å². The molecule has 4 fully saturated rings. The van der Waals surface area contributed by atoms with Crippen LogP contribution in [0.5, 0.6) is 0 Å². The van der Waals surface area contributed by atoms with E-state index in [2.05, 4.69) is 15.5 Å². The van der Waals surface area contributed by atoms with E-state index in [9.17, 15) is 14.4 Å². The Morgan fingerprint density at radius 2 is 2.00 bits per heavy atom. The van der Waals surface area contributed by atoms with E-state index in [1.54, 1.807) is 4.90 Å². The Bertz CT molecular complexity index is 815. The van der Waals surface area contributed by atoms with E-state index in [0.717, 1.165) is 36.3 Å². The molecule has 27 heavy (non-hydrogen) atoms. The number of nitrogens with zero attached hydrogens (tertiary/aromatic N) is 2. The summed E-state index contributed by atoms with van der Waals surface area (Å²) in [6.07, 6.45) is 3.13. The molecule has 7 heteroatoms. The van der Waals surface area contributed by atoms with Gasteiger partial charge in [0.25, 0.3) is 5.91 Å². The molecule has 142 valence electrons. The maximum absolute atomic E-state index is 13.2. The molecule has 5 aliphatic heterocycles. The molecule has 1 aromatic rings. The minimum Gasteiger partial charge on any atom is -0.322 e. The number of carbonyl (C=O) groups is 3. The van der Waals surface area contributed by atoms with Crippen LogP contribution in [-0.4, -0.2) is 58.7 Å². The van der Waals surface area contributed by atoms with Crippen LogP contribution in [-0.2, 0) is 22.7 Å². The number of amides is 3. The molecule has 0 aromatic heterocycles. The number of imide groups is 1. The van der Waals surface area contributed by atoms with Crippen molar-refractivity contribution in [1.29, 1.82) is 0 Å². The lowest BCUT2D eigenvalue weighted by Gasteiger charge is -2.46. The zero-order valence-corrected chi connectivity index (χ0v) is 15.2. The van der Waals surface area contributed by atoms with Crippen molar-refractivity contribution in [3.05, 3.63) is 34.9 Å². The van der Waals surface area contributed by atoms with Gasteiger partial charge >= 0.3 is 0 Å². The Labute approximate surface area is 158 Å². The van der Waals surface area contributed by atoms with Gasteiger partial charge in [-0.1, -0.05) is 18.2 Å². The molecule has 5 aliphatic rings. The van der Waals surface area contributed by atoms with Gasteiger partial charge in [-0.05, 0) is 30.4 Å². The lowest BCUT2D eigenvalue weighted by Crippen LogP contribution is -2.60. The number of fused-ring (bicyclic) bond motifs is 4. The Hall–Kier alpha value is -2.25. The fourth-order valence-corrected chi connectivity index (χ4v) is 5.03. The topological polar surface area (TPSA) is 81.8 Å². The van der Waals surface area contributed by atoms with E-state index in [1.807, 2.05) is 18.2 Å². The predicted molar refractivity (Wildman–Crippen MR) is 97.7 cm³/mol. The maximum Gasteiger partial charge on any atom is 0.255 e. The second-order valence-corrected chi connectivity index (χ2v) is 8.12. The summed E-state index contributed by atoms with van der Waals surface area (Å²) in [4.78, 5) is 41.0. The summed E-state index contributed by atoms with van der Waals surface area (Å²) >= 11 is 0. The number of hydrogen-bond acceptors (Lipinski definition) is 5. The third-order valence-electron chi connectivity index (χ3n) is 6.47. The fraction of sp³-hybridized carbons (Fsp3) is 0.550. The summed E-state index contributed by atoms with van der Waals surface area (Å²) in [6.45, 7) is 3.28. The summed E-state index contributed by atoms with van der Waals surface area (Å²) in [5, 5.41) is 5.93. The standard InChI is InChI=1S/C20H24N4O3/c25-17-7-6-16(19(26)22-17)24-10-13-3-1-2-12(18(13)20(24)27)9-23-11-14-4-5-15(23)8-21-14/h1-3,14-16,21H,4-11H2,(H,22,25,26). The number of piperidine rings is 3. The van der Waals surface area contributed by atoms with Gasteiger partial charge in [-0.2, -0.15) is 0 Å². The van der Waals surface area contributed by atoms with Crippen molar-refractivity contribution in [3.63, 3.8) is 0 Å². The smallest absolute Gasteiger partial charge is 0.255 e. The van der Waals surface area contributed by atoms with Gasteiger partial charge in [0.15, 0.2) is 0 Å². The molecule has 0 radical (unpaired) electrons. The highest BCUT2D eigenvalue weighted by atomic mass is 16.2. The Morgan fingerprint density at radius 3 is 2.70 bits per heavy atom. The van der Waals surface area contributed by atoms with Crippen molar-refractivity contribution < 1.29 is 14.4 Å². The van der Waals surface area contributed by atoms with Crippen molar-refractivity contribution in [1.82, 2.24) is 20.4 Å². The van der Waals surface area contributed by atoms with Gasteiger partial charge in [-0.15, -0.1) is 0 Å². The molecule has 5 heterocycles. The molecule has 0 spiro atoms. The first-order valence-electron chi connectivity index (χ1n) is 9.83. The quantitative estimate of drug-likeness (QED) is 0.754. The zero-order valence-electron chi connectivity index (χ0n) is 15.2. The van der Waals surface area contributed by atoms with Crippen molar-refractivity contribution in [2.75, 3.05) is 13.1 Å².